The zero-order valence-corrected chi connectivity index (χ0v) is 27.3. The van der Waals surface area contributed by atoms with E-state index in [0.29, 0.717) is 37.3 Å². The summed E-state index contributed by atoms with van der Waals surface area (Å²) >= 11 is 0. The van der Waals surface area contributed by atoms with E-state index in [1.54, 1.807) is 4.57 Å². The number of nitrogens with zero attached hydrogens (tertiary/aromatic N) is 5. The molecule has 3 aromatic rings. The average molecular weight is 637 g/mol. The summed E-state index contributed by atoms with van der Waals surface area (Å²) in [6.45, 7) is 8.24. The molecule has 3 unspecified atom stereocenters. The lowest BCUT2D eigenvalue weighted by Gasteiger charge is -2.45. The minimum atomic E-state index is -0.348. The second kappa shape index (κ2) is 15.5. The third kappa shape index (κ3) is 7.69. The number of nitrogens with one attached hydrogen (secondary N) is 2. The maximum atomic E-state index is 13.7. The number of hydrogen-bond acceptors (Lipinski definition) is 10. The Morgan fingerprint density at radius 1 is 1.07 bits per heavy atom. The van der Waals surface area contributed by atoms with Crippen molar-refractivity contribution in [2.75, 3.05) is 45.6 Å². The van der Waals surface area contributed by atoms with Gasteiger partial charge in [0, 0.05) is 25.7 Å². The van der Waals surface area contributed by atoms with Gasteiger partial charge in [0.25, 0.3) is 0 Å². The van der Waals surface area contributed by atoms with Crippen LogP contribution in [0.4, 0.5) is 5.82 Å². The molecule has 250 valence electrons. The number of nitrogens with two attached hydrogens (primary N) is 1. The van der Waals surface area contributed by atoms with Crippen LogP contribution < -0.4 is 21.5 Å². The zero-order valence-electron chi connectivity index (χ0n) is 27.3. The molecule has 0 saturated carbocycles. The van der Waals surface area contributed by atoms with Crippen LogP contribution in [0.1, 0.15) is 76.0 Å². The number of methoxy groups -OCH3 is 1. The summed E-state index contributed by atoms with van der Waals surface area (Å²) in [5.74, 6) is -0.149. The molecule has 0 radical (unpaired) electrons. The maximum absolute atomic E-state index is 13.7. The van der Waals surface area contributed by atoms with E-state index < -0.39 is 0 Å². The van der Waals surface area contributed by atoms with Crippen LogP contribution in [0.3, 0.4) is 0 Å². The molecule has 2 fully saturated rings. The summed E-state index contributed by atoms with van der Waals surface area (Å²) in [7, 11) is 1.37. The fourth-order valence-electron chi connectivity index (χ4n) is 6.74. The van der Waals surface area contributed by atoms with Crippen molar-refractivity contribution in [2.45, 2.75) is 89.9 Å². The van der Waals surface area contributed by atoms with E-state index in [9.17, 15) is 14.4 Å². The van der Waals surface area contributed by atoms with Crippen molar-refractivity contribution in [1.82, 2.24) is 34.6 Å². The van der Waals surface area contributed by atoms with Crippen molar-refractivity contribution in [3.63, 3.8) is 0 Å². The number of likely N-dealkylation sites (tertiary alicyclic amines) is 2. The second-order valence-corrected chi connectivity index (χ2v) is 12.3. The SMILES string of the molecule is CCCCOc1nc(N)c2[nH]c(=O)n(C3CN(C(CCC)C(=O)NCc4ccc(CC(=O)OC)cc4)CCC3N3CCCC3)c2n1. The van der Waals surface area contributed by atoms with E-state index in [2.05, 4.69) is 43.9 Å². The van der Waals surface area contributed by atoms with Gasteiger partial charge in [0.05, 0.1) is 32.2 Å². The van der Waals surface area contributed by atoms with Gasteiger partial charge in [-0.25, -0.2) is 4.79 Å². The maximum Gasteiger partial charge on any atom is 0.328 e. The Bertz CT molecular complexity index is 1530. The Labute approximate surface area is 269 Å². The Kier molecular flexibility index (Phi) is 11.3. The molecule has 2 aliphatic heterocycles. The molecule has 1 amide bonds. The topological polar surface area (TPSA) is 161 Å². The van der Waals surface area contributed by atoms with Crippen molar-refractivity contribution in [2.24, 2.45) is 0 Å². The predicted molar refractivity (Wildman–Crippen MR) is 175 cm³/mol. The molecule has 2 aliphatic rings. The lowest BCUT2D eigenvalue weighted by Crippen LogP contribution is -2.57. The highest BCUT2D eigenvalue weighted by molar-refractivity contribution is 5.82. The Hall–Kier alpha value is -3.97. The lowest BCUT2D eigenvalue weighted by molar-refractivity contribution is -0.139. The average Bonchev–Trinajstić information content (AvgIpc) is 3.71. The molecule has 3 atom stereocenters. The van der Waals surface area contributed by atoms with Crippen LogP contribution >= 0.6 is 0 Å². The smallest absolute Gasteiger partial charge is 0.328 e. The number of nitrogen functional groups attached to an aromatic ring is 1. The third-order valence-corrected chi connectivity index (χ3v) is 9.20. The Balaban J connectivity index is 1.38. The number of hydrogen-bond donors (Lipinski definition) is 3. The Morgan fingerprint density at radius 3 is 2.50 bits per heavy atom. The van der Waals surface area contributed by atoms with Crippen LogP contribution in [0.5, 0.6) is 6.01 Å². The van der Waals surface area contributed by atoms with Gasteiger partial charge >= 0.3 is 17.7 Å². The summed E-state index contributed by atoms with van der Waals surface area (Å²) in [5, 5.41) is 3.14. The predicted octanol–water partition coefficient (Wildman–Crippen LogP) is 2.79. The molecule has 46 heavy (non-hydrogen) atoms. The van der Waals surface area contributed by atoms with Crippen LogP contribution in [0.25, 0.3) is 11.2 Å². The van der Waals surface area contributed by atoms with E-state index in [4.69, 9.17) is 15.2 Å². The fourth-order valence-corrected chi connectivity index (χ4v) is 6.74. The standard InChI is InChI=1S/C33H48N8O5/c1-4-6-18-46-32-37-29(34)28-30(38-32)41(33(44)36-28)26-21-40(17-14-24(26)39-15-7-8-16-39)25(9-5-2)31(43)35-20-23-12-10-22(11-13-23)19-27(42)45-3/h10-13,24-26H,4-9,14-21H2,1-3H3,(H,35,43)(H,36,44)(H2,34,37,38). The highest BCUT2D eigenvalue weighted by Gasteiger charge is 2.40. The van der Waals surface area contributed by atoms with Crippen molar-refractivity contribution >= 4 is 28.9 Å². The molecular formula is C33H48N8O5. The van der Waals surface area contributed by atoms with Gasteiger partial charge in [-0.2, -0.15) is 9.97 Å². The number of aromatic nitrogens is 4. The summed E-state index contributed by atoms with van der Waals surface area (Å²) in [4.78, 5) is 55.5. The molecule has 5 rings (SSSR count). The number of H-pyrrole nitrogens is 1. The first-order valence-electron chi connectivity index (χ1n) is 16.6. The fraction of sp³-hybridized carbons (Fsp3) is 0.606. The third-order valence-electron chi connectivity index (χ3n) is 9.20. The van der Waals surface area contributed by atoms with Crippen LogP contribution in [0, 0.1) is 0 Å². The van der Waals surface area contributed by atoms with E-state index in [0.717, 1.165) is 69.3 Å². The number of rotatable bonds is 14. The highest BCUT2D eigenvalue weighted by Crippen LogP contribution is 2.32. The summed E-state index contributed by atoms with van der Waals surface area (Å²) < 4.78 is 12.3. The monoisotopic (exact) mass is 636 g/mol. The van der Waals surface area contributed by atoms with Gasteiger partial charge in [-0.15, -0.1) is 0 Å². The number of anilines is 1. The van der Waals surface area contributed by atoms with Gasteiger partial charge in [0.1, 0.15) is 5.52 Å². The molecule has 13 nitrogen and oxygen atoms in total. The normalized spacial score (nSPS) is 19.7. The van der Waals surface area contributed by atoms with Crippen LogP contribution in [-0.4, -0.2) is 93.2 Å². The van der Waals surface area contributed by atoms with Gasteiger partial charge in [-0.3, -0.25) is 24.0 Å². The van der Waals surface area contributed by atoms with Crippen LogP contribution in [0.15, 0.2) is 29.1 Å². The molecule has 0 aliphatic carbocycles. The second-order valence-electron chi connectivity index (χ2n) is 12.3. The number of amides is 1. The van der Waals surface area contributed by atoms with Gasteiger partial charge in [0.2, 0.25) is 5.91 Å². The van der Waals surface area contributed by atoms with E-state index in [1.165, 1.54) is 7.11 Å². The van der Waals surface area contributed by atoms with E-state index >= 15 is 0 Å². The molecule has 1 aromatic carbocycles. The minimum absolute atomic E-state index is 0.0386. The van der Waals surface area contributed by atoms with Gasteiger partial charge in [0.15, 0.2) is 11.5 Å². The number of aromatic amines is 1. The lowest BCUT2D eigenvalue weighted by atomic mass is 9.94. The van der Waals surface area contributed by atoms with Crippen molar-refractivity contribution in [3.05, 3.63) is 45.9 Å². The summed E-state index contributed by atoms with van der Waals surface area (Å²) in [5.41, 5.74) is 8.66. The van der Waals surface area contributed by atoms with E-state index in [-0.39, 0.29) is 53.9 Å². The number of fused-ring (bicyclic) bond motifs is 1. The molecule has 4 heterocycles. The van der Waals surface area contributed by atoms with Gasteiger partial charge in [-0.05, 0) is 56.3 Å². The van der Waals surface area contributed by atoms with Gasteiger partial charge < -0.3 is 25.5 Å². The first-order chi connectivity index (χ1) is 22.3. The number of esters is 1. The number of unbranched alkanes of at least 4 members (excludes halogenated alkanes) is 1. The number of benzene rings is 1. The number of carbonyl (C=O) groups is 2. The number of imidazole rings is 1. The molecule has 2 aromatic heterocycles. The quantitative estimate of drug-likeness (QED) is 0.177. The highest BCUT2D eigenvalue weighted by atomic mass is 16.5. The number of carbonyl (C=O) groups excluding carboxylic acids is 2. The number of piperidine rings is 1. The summed E-state index contributed by atoms with van der Waals surface area (Å²) in [6.07, 6.45) is 6.65. The van der Waals surface area contributed by atoms with E-state index in [1.807, 2.05) is 24.3 Å². The molecular weight excluding hydrogens is 588 g/mol. The zero-order chi connectivity index (χ0) is 32.6. The number of ether oxygens (including phenoxy) is 2. The van der Waals surface area contributed by atoms with Crippen LogP contribution in [-0.2, 0) is 27.3 Å². The molecule has 2 saturated heterocycles. The van der Waals surface area contributed by atoms with Crippen LogP contribution in [0.2, 0.25) is 0 Å². The Morgan fingerprint density at radius 2 is 1.80 bits per heavy atom. The van der Waals surface area contributed by atoms with Crippen molar-refractivity contribution < 1.29 is 19.1 Å². The summed E-state index contributed by atoms with van der Waals surface area (Å²) in [6, 6.07) is 7.28. The first-order valence-corrected chi connectivity index (χ1v) is 16.6. The minimum Gasteiger partial charge on any atom is -0.469 e. The first kappa shape index (κ1) is 33.4. The molecule has 13 heteroatoms. The van der Waals surface area contributed by atoms with Gasteiger partial charge in [-0.1, -0.05) is 51.0 Å². The van der Waals surface area contributed by atoms with Crippen molar-refractivity contribution in [1.29, 1.82) is 0 Å². The molecule has 0 spiro atoms. The molecule has 4 N–H and O–H groups in total. The largest absolute Gasteiger partial charge is 0.469 e. The molecule has 0 bridgehead atoms. The van der Waals surface area contributed by atoms with Crippen molar-refractivity contribution in [3.8, 4) is 6.01 Å².